The first-order valence-electron chi connectivity index (χ1n) is 5.90. The molecule has 0 unspecified atom stereocenters. The van der Waals surface area contributed by atoms with Gasteiger partial charge in [-0.25, -0.2) is 15.0 Å². The topological polar surface area (TPSA) is 114 Å². The van der Waals surface area contributed by atoms with Crippen molar-refractivity contribution in [1.29, 1.82) is 0 Å². The maximum Gasteiger partial charge on any atom is 0.165 e. The number of hydrogen-bond acceptors (Lipinski definition) is 7. The monoisotopic (exact) mass is 266 g/mol. The zero-order chi connectivity index (χ0) is 13.6. The van der Waals surface area contributed by atoms with Crippen molar-refractivity contribution in [2.24, 2.45) is 0 Å². The number of rotatable bonds is 2. The summed E-state index contributed by atoms with van der Waals surface area (Å²) >= 11 is 0. The molecule has 0 spiro atoms. The van der Waals surface area contributed by atoms with Gasteiger partial charge in [-0.05, 0) is 6.92 Å². The fraction of sp³-hybridized carbons (Fsp3) is 0.545. The van der Waals surface area contributed by atoms with Crippen LogP contribution in [0.5, 0.6) is 0 Å². The highest BCUT2D eigenvalue weighted by Crippen LogP contribution is 2.31. The van der Waals surface area contributed by atoms with Crippen LogP contribution in [0.15, 0.2) is 12.7 Å². The van der Waals surface area contributed by atoms with E-state index in [-0.39, 0.29) is 6.61 Å². The highest BCUT2D eigenvalue weighted by molar-refractivity contribution is 5.72. The van der Waals surface area contributed by atoms with E-state index in [9.17, 15) is 10.2 Å². The summed E-state index contributed by atoms with van der Waals surface area (Å²) in [6, 6.07) is 0. The molecule has 0 radical (unpaired) electrons. The molecule has 1 fully saturated rings. The van der Waals surface area contributed by atoms with Gasteiger partial charge < -0.3 is 20.1 Å². The molecule has 0 saturated carbocycles. The Balaban J connectivity index is 2.04. The van der Waals surface area contributed by atoms with E-state index in [4.69, 9.17) is 9.84 Å². The fourth-order valence-corrected chi connectivity index (χ4v) is 2.27. The number of nitrogens with zero attached hydrogens (tertiary/aromatic N) is 4. The summed E-state index contributed by atoms with van der Waals surface area (Å²) in [6.07, 6.45) is -1.06. The number of ether oxygens (including phenoxy) is 1. The lowest BCUT2D eigenvalue weighted by molar-refractivity contribution is -0.0511. The zero-order valence-electron chi connectivity index (χ0n) is 10.2. The smallest absolute Gasteiger partial charge is 0.165 e. The van der Waals surface area contributed by atoms with Crippen molar-refractivity contribution in [3.05, 3.63) is 18.3 Å². The van der Waals surface area contributed by atoms with Crippen LogP contribution >= 0.6 is 0 Å². The van der Waals surface area contributed by atoms with Gasteiger partial charge in [-0.1, -0.05) is 0 Å². The Labute approximate surface area is 108 Å². The first-order chi connectivity index (χ1) is 9.13. The Morgan fingerprint density at radius 3 is 2.74 bits per heavy atom. The van der Waals surface area contributed by atoms with E-state index >= 15 is 0 Å². The second-order valence-corrected chi connectivity index (χ2v) is 4.51. The van der Waals surface area contributed by atoms with E-state index in [1.165, 1.54) is 17.2 Å². The van der Waals surface area contributed by atoms with Gasteiger partial charge in [0.15, 0.2) is 11.9 Å². The average molecular weight is 266 g/mol. The van der Waals surface area contributed by atoms with E-state index in [2.05, 4.69) is 15.0 Å². The Kier molecular flexibility index (Phi) is 2.94. The predicted molar refractivity (Wildman–Crippen MR) is 63.1 cm³/mol. The van der Waals surface area contributed by atoms with Crippen LogP contribution in [0.25, 0.3) is 11.2 Å². The number of aryl methyl sites for hydroxylation is 1. The second-order valence-electron chi connectivity index (χ2n) is 4.51. The first-order valence-corrected chi connectivity index (χ1v) is 5.90. The summed E-state index contributed by atoms with van der Waals surface area (Å²) in [6.45, 7) is 1.44. The molecule has 3 rings (SSSR count). The van der Waals surface area contributed by atoms with E-state index in [1.54, 1.807) is 6.92 Å². The van der Waals surface area contributed by atoms with Gasteiger partial charge in [0, 0.05) is 0 Å². The predicted octanol–water partition coefficient (Wildman–Crippen LogP) is -1.25. The molecule has 102 valence electrons. The summed E-state index contributed by atoms with van der Waals surface area (Å²) in [5, 5.41) is 28.8. The minimum atomic E-state index is -1.15. The third-order valence-electron chi connectivity index (χ3n) is 3.33. The molecular weight excluding hydrogens is 252 g/mol. The molecule has 0 aromatic carbocycles. The molecule has 0 bridgehead atoms. The van der Waals surface area contributed by atoms with E-state index in [0.717, 1.165) is 5.69 Å². The molecule has 3 N–H and O–H groups in total. The summed E-state index contributed by atoms with van der Waals surface area (Å²) in [5.41, 5.74) is 1.85. The molecule has 1 saturated heterocycles. The van der Waals surface area contributed by atoms with E-state index < -0.39 is 24.5 Å². The molecular formula is C11H14N4O4. The van der Waals surface area contributed by atoms with Crippen molar-refractivity contribution in [2.45, 2.75) is 31.5 Å². The molecule has 19 heavy (non-hydrogen) atoms. The number of hydrogen-bond donors (Lipinski definition) is 3. The maximum atomic E-state index is 9.98. The molecule has 2 aromatic heterocycles. The molecule has 0 aliphatic carbocycles. The summed E-state index contributed by atoms with van der Waals surface area (Å²) in [5.74, 6) is 0. The Morgan fingerprint density at radius 1 is 1.26 bits per heavy atom. The third-order valence-corrected chi connectivity index (χ3v) is 3.33. The minimum absolute atomic E-state index is 0.366. The van der Waals surface area contributed by atoms with Crippen LogP contribution in [-0.4, -0.2) is 59.8 Å². The normalized spacial score (nSPS) is 31.2. The SMILES string of the molecule is Cc1ncnc2c1ncn2[C@@H]1O[C@H](CO)[C@@H](O)[C@@H]1O. The highest BCUT2D eigenvalue weighted by Gasteiger charge is 2.43. The van der Waals surface area contributed by atoms with Crippen LogP contribution in [0.1, 0.15) is 11.9 Å². The van der Waals surface area contributed by atoms with Crippen molar-refractivity contribution in [3.8, 4) is 0 Å². The minimum Gasteiger partial charge on any atom is -0.394 e. The van der Waals surface area contributed by atoms with Gasteiger partial charge in [0.2, 0.25) is 0 Å². The summed E-state index contributed by atoms with van der Waals surface area (Å²) in [7, 11) is 0. The largest absolute Gasteiger partial charge is 0.394 e. The van der Waals surface area contributed by atoms with Crippen molar-refractivity contribution < 1.29 is 20.1 Å². The summed E-state index contributed by atoms with van der Waals surface area (Å²) < 4.78 is 6.98. The Morgan fingerprint density at radius 2 is 2.05 bits per heavy atom. The zero-order valence-corrected chi connectivity index (χ0v) is 10.2. The van der Waals surface area contributed by atoms with Crippen molar-refractivity contribution in [3.63, 3.8) is 0 Å². The number of aliphatic hydroxyl groups is 3. The number of fused-ring (bicyclic) bond motifs is 1. The first kappa shape index (κ1) is 12.4. The summed E-state index contributed by atoms with van der Waals surface area (Å²) in [4.78, 5) is 12.3. The van der Waals surface area contributed by atoms with Crippen LogP contribution in [0.4, 0.5) is 0 Å². The fourth-order valence-electron chi connectivity index (χ4n) is 2.27. The standard InChI is InChI=1S/C11H14N4O4/c1-5-7-10(13-3-12-5)15(4-14-7)11-9(18)8(17)6(2-16)19-11/h3-4,6,8-9,11,16-18H,2H2,1H3/t6-,8-,9+,11-/m1/s1. The van der Waals surface area contributed by atoms with Gasteiger partial charge in [-0.2, -0.15) is 0 Å². The molecule has 1 aliphatic rings. The molecule has 0 amide bonds. The maximum absolute atomic E-state index is 9.98. The lowest BCUT2D eigenvalue weighted by Gasteiger charge is -2.16. The van der Waals surface area contributed by atoms with Gasteiger partial charge in [-0.3, -0.25) is 4.57 Å². The molecule has 3 heterocycles. The quantitative estimate of drug-likeness (QED) is 0.622. The van der Waals surface area contributed by atoms with Crippen LogP contribution < -0.4 is 0 Å². The van der Waals surface area contributed by atoms with Crippen LogP contribution in [0.3, 0.4) is 0 Å². The van der Waals surface area contributed by atoms with E-state index in [0.29, 0.717) is 11.2 Å². The number of imidazole rings is 1. The molecule has 8 nitrogen and oxygen atoms in total. The van der Waals surface area contributed by atoms with Gasteiger partial charge in [0.1, 0.15) is 30.2 Å². The molecule has 8 heteroatoms. The van der Waals surface area contributed by atoms with Gasteiger partial charge in [0.25, 0.3) is 0 Å². The highest BCUT2D eigenvalue weighted by atomic mass is 16.6. The van der Waals surface area contributed by atoms with Crippen molar-refractivity contribution in [1.82, 2.24) is 19.5 Å². The van der Waals surface area contributed by atoms with Crippen molar-refractivity contribution >= 4 is 11.2 Å². The van der Waals surface area contributed by atoms with Gasteiger partial charge >= 0.3 is 0 Å². The second kappa shape index (κ2) is 4.49. The lowest BCUT2D eigenvalue weighted by Crippen LogP contribution is -2.33. The Bertz CT molecular complexity index is 601. The van der Waals surface area contributed by atoms with E-state index in [1.807, 2.05) is 0 Å². The van der Waals surface area contributed by atoms with Crippen LogP contribution in [0, 0.1) is 6.92 Å². The molecule has 4 atom stereocenters. The number of aliphatic hydroxyl groups excluding tert-OH is 3. The van der Waals surface area contributed by atoms with Gasteiger partial charge in [-0.15, -0.1) is 0 Å². The average Bonchev–Trinajstić information content (AvgIpc) is 2.94. The third kappa shape index (κ3) is 1.80. The van der Waals surface area contributed by atoms with Gasteiger partial charge in [0.05, 0.1) is 18.6 Å². The molecule has 1 aliphatic heterocycles. The van der Waals surface area contributed by atoms with Crippen LogP contribution in [0.2, 0.25) is 0 Å². The Hall–Kier alpha value is -1.61. The lowest BCUT2D eigenvalue weighted by atomic mass is 10.1. The number of aromatic nitrogens is 4. The molecule has 2 aromatic rings. The van der Waals surface area contributed by atoms with Crippen LogP contribution in [-0.2, 0) is 4.74 Å². The van der Waals surface area contributed by atoms with Crippen molar-refractivity contribution in [2.75, 3.05) is 6.61 Å².